The van der Waals surface area contributed by atoms with E-state index in [9.17, 15) is 0 Å². The fraction of sp³-hybridized carbons (Fsp3) is 0.733. The second kappa shape index (κ2) is 9.20. The first kappa shape index (κ1) is 16.5. The second-order valence-electron chi connectivity index (χ2n) is 5.37. The third-order valence-electron chi connectivity index (χ3n) is 3.63. The summed E-state index contributed by atoms with van der Waals surface area (Å²) in [4.78, 5) is 8.50. The maximum atomic E-state index is 5.90. The van der Waals surface area contributed by atoms with Crippen LogP contribution in [0.4, 0.5) is 11.6 Å². The molecule has 0 saturated heterocycles. The predicted molar refractivity (Wildman–Crippen MR) is 89.8 cm³/mol. The Morgan fingerprint density at radius 2 is 1.81 bits per heavy atom. The maximum Gasteiger partial charge on any atom is 0.146 e. The van der Waals surface area contributed by atoms with Crippen LogP contribution in [0.5, 0.6) is 0 Å². The van der Waals surface area contributed by atoms with Crippen molar-refractivity contribution in [3.8, 4) is 0 Å². The molecule has 6 heteroatoms. The SMILES string of the molecule is CCCNc1ncnc(NCCOC2CCCCC2)c1Br. The highest BCUT2D eigenvalue weighted by Gasteiger charge is 2.13. The monoisotopic (exact) mass is 356 g/mol. The Hall–Kier alpha value is -0.880. The average molecular weight is 357 g/mol. The standard InChI is InChI=1S/C15H25BrN4O/c1-2-8-17-14-13(16)15(20-11-19-14)18-9-10-21-12-6-4-3-5-7-12/h11-12H,2-10H2,1H3,(H2,17,18,19,20). The van der Waals surface area contributed by atoms with Crippen LogP contribution in [0.2, 0.25) is 0 Å². The van der Waals surface area contributed by atoms with Crippen molar-refractivity contribution < 1.29 is 4.74 Å². The smallest absolute Gasteiger partial charge is 0.146 e. The first-order chi connectivity index (χ1) is 10.3. The minimum atomic E-state index is 0.455. The van der Waals surface area contributed by atoms with Gasteiger partial charge in [0.1, 0.15) is 22.4 Å². The van der Waals surface area contributed by atoms with Gasteiger partial charge in [0.15, 0.2) is 0 Å². The number of aromatic nitrogens is 2. The van der Waals surface area contributed by atoms with Gasteiger partial charge in [0.25, 0.3) is 0 Å². The zero-order valence-corrected chi connectivity index (χ0v) is 14.3. The third-order valence-corrected chi connectivity index (χ3v) is 4.38. The Kier molecular flexibility index (Phi) is 7.23. The fourth-order valence-electron chi connectivity index (χ4n) is 2.49. The highest BCUT2D eigenvalue weighted by atomic mass is 79.9. The van der Waals surface area contributed by atoms with Crippen molar-refractivity contribution >= 4 is 27.6 Å². The molecule has 1 aliphatic carbocycles. The van der Waals surface area contributed by atoms with Crippen molar-refractivity contribution in [3.05, 3.63) is 10.8 Å². The van der Waals surface area contributed by atoms with E-state index in [0.29, 0.717) is 6.10 Å². The minimum absolute atomic E-state index is 0.455. The first-order valence-electron chi connectivity index (χ1n) is 7.91. The molecular weight excluding hydrogens is 332 g/mol. The molecule has 21 heavy (non-hydrogen) atoms. The summed E-state index contributed by atoms with van der Waals surface area (Å²) in [7, 11) is 0. The van der Waals surface area contributed by atoms with Crippen molar-refractivity contribution in [2.24, 2.45) is 0 Å². The number of nitrogens with zero attached hydrogens (tertiary/aromatic N) is 2. The van der Waals surface area contributed by atoms with Crippen LogP contribution in [0.15, 0.2) is 10.8 Å². The number of ether oxygens (including phenoxy) is 1. The molecule has 1 heterocycles. The molecule has 0 aliphatic heterocycles. The van der Waals surface area contributed by atoms with Gasteiger partial charge in [0.05, 0.1) is 12.7 Å². The van der Waals surface area contributed by atoms with Crippen LogP contribution in [0.25, 0.3) is 0 Å². The average Bonchev–Trinajstić information content (AvgIpc) is 2.53. The van der Waals surface area contributed by atoms with Crippen LogP contribution < -0.4 is 10.6 Å². The van der Waals surface area contributed by atoms with E-state index in [2.05, 4.69) is 43.5 Å². The molecule has 0 amide bonds. The summed E-state index contributed by atoms with van der Waals surface area (Å²) in [6, 6.07) is 0. The van der Waals surface area contributed by atoms with E-state index in [1.807, 2.05) is 0 Å². The van der Waals surface area contributed by atoms with Gasteiger partial charge in [-0.15, -0.1) is 0 Å². The normalized spacial score (nSPS) is 15.9. The highest BCUT2D eigenvalue weighted by molar-refractivity contribution is 9.10. The number of hydrogen-bond acceptors (Lipinski definition) is 5. The molecule has 1 saturated carbocycles. The van der Waals surface area contributed by atoms with Crippen LogP contribution in [0.1, 0.15) is 45.4 Å². The molecule has 2 N–H and O–H groups in total. The largest absolute Gasteiger partial charge is 0.376 e. The lowest BCUT2D eigenvalue weighted by Gasteiger charge is -2.22. The van der Waals surface area contributed by atoms with Crippen molar-refractivity contribution in [1.82, 2.24) is 9.97 Å². The molecule has 0 spiro atoms. The predicted octanol–water partition coefficient (Wildman–Crippen LogP) is 3.82. The molecule has 5 nitrogen and oxygen atoms in total. The fourth-order valence-corrected chi connectivity index (χ4v) is 2.97. The first-order valence-corrected chi connectivity index (χ1v) is 8.70. The molecule has 118 valence electrons. The topological polar surface area (TPSA) is 59.1 Å². The number of nitrogens with one attached hydrogen (secondary N) is 2. The maximum absolute atomic E-state index is 5.90. The summed E-state index contributed by atoms with van der Waals surface area (Å²) in [6.45, 7) is 4.52. The van der Waals surface area contributed by atoms with Crippen molar-refractivity contribution in [3.63, 3.8) is 0 Å². The van der Waals surface area contributed by atoms with Gasteiger partial charge >= 0.3 is 0 Å². The molecule has 0 radical (unpaired) electrons. The Labute approximate surface area is 135 Å². The molecule has 0 bridgehead atoms. The summed E-state index contributed by atoms with van der Waals surface area (Å²) >= 11 is 3.55. The van der Waals surface area contributed by atoms with E-state index in [4.69, 9.17) is 4.74 Å². The molecule has 0 unspecified atom stereocenters. The van der Waals surface area contributed by atoms with Crippen LogP contribution in [-0.2, 0) is 4.74 Å². The van der Waals surface area contributed by atoms with E-state index in [1.165, 1.54) is 32.1 Å². The van der Waals surface area contributed by atoms with Gasteiger partial charge in [0, 0.05) is 13.1 Å². The lowest BCUT2D eigenvalue weighted by molar-refractivity contribution is 0.0347. The second-order valence-corrected chi connectivity index (χ2v) is 6.16. The summed E-state index contributed by atoms with van der Waals surface area (Å²) < 4.78 is 6.79. The van der Waals surface area contributed by atoms with Crippen molar-refractivity contribution in [2.45, 2.75) is 51.6 Å². The number of halogens is 1. The lowest BCUT2D eigenvalue weighted by atomic mass is 9.98. The molecule has 0 aromatic carbocycles. The van der Waals surface area contributed by atoms with E-state index in [-0.39, 0.29) is 0 Å². The van der Waals surface area contributed by atoms with E-state index in [0.717, 1.165) is 42.2 Å². The molecule has 1 aromatic rings. The quantitative estimate of drug-likeness (QED) is 0.693. The van der Waals surface area contributed by atoms with Gasteiger partial charge in [-0.3, -0.25) is 0 Å². The molecule has 0 atom stereocenters. The number of rotatable bonds is 8. The van der Waals surface area contributed by atoms with Crippen molar-refractivity contribution in [1.29, 1.82) is 0 Å². The molecular formula is C15H25BrN4O. The van der Waals surface area contributed by atoms with E-state index in [1.54, 1.807) is 6.33 Å². The number of hydrogen-bond donors (Lipinski definition) is 2. The van der Waals surface area contributed by atoms with Gasteiger partial charge in [-0.1, -0.05) is 26.2 Å². The third kappa shape index (κ3) is 5.43. The van der Waals surface area contributed by atoms with Gasteiger partial charge in [-0.05, 0) is 35.2 Å². The molecule has 1 aromatic heterocycles. The Morgan fingerprint density at radius 3 is 2.48 bits per heavy atom. The summed E-state index contributed by atoms with van der Waals surface area (Å²) in [5, 5.41) is 6.58. The van der Waals surface area contributed by atoms with Crippen LogP contribution in [-0.4, -0.2) is 35.8 Å². The van der Waals surface area contributed by atoms with Gasteiger partial charge in [-0.2, -0.15) is 0 Å². The zero-order valence-electron chi connectivity index (χ0n) is 12.7. The van der Waals surface area contributed by atoms with Gasteiger partial charge < -0.3 is 15.4 Å². The molecule has 2 rings (SSSR count). The summed E-state index contributed by atoms with van der Waals surface area (Å²) in [5.74, 6) is 1.65. The van der Waals surface area contributed by atoms with Crippen LogP contribution in [0.3, 0.4) is 0 Å². The summed E-state index contributed by atoms with van der Waals surface area (Å²) in [5.41, 5.74) is 0. The Balaban J connectivity index is 1.74. The zero-order chi connectivity index (χ0) is 14.9. The van der Waals surface area contributed by atoms with Crippen LogP contribution >= 0.6 is 15.9 Å². The molecule has 1 aliphatic rings. The molecule has 1 fully saturated rings. The Bertz CT molecular complexity index is 424. The van der Waals surface area contributed by atoms with Gasteiger partial charge in [-0.25, -0.2) is 9.97 Å². The van der Waals surface area contributed by atoms with Gasteiger partial charge in [0.2, 0.25) is 0 Å². The lowest BCUT2D eigenvalue weighted by Crippen LogP contribution is -2.21. The van der Waals surface area contributed by atoms with E-state index >= 15 is 0 Å². The van der Waals surface area contributed by atoms with E-state index < -0.39 is 0 Å². The van der Waals surface area contributed by atoms with Crippen LogP contribution in [0, 0.1) is 0 Å². The summed E-state index contributed by atoms with van der Waals surface area (Å²) in [6.07, 6.45) is 9.49. The highest BCUT2D eigenvalue weighted by Crippen LogP contribution is 2.26. The van der Waals surface area contributed by atoms with Crippen molar-refractivity contribution in [2.75, 3.05) is 30.3 Å². The Morgan fingerprint density at radius 1 is 1.14 bits per heavy atom. The minimum Gasteiger partial charge on any atom is -0.376 e. The number of anilines is 2.